The van der Waals surface area contributed by atoms with Crippen molar-refractivity contribution in [3.63, 3.8) is 0 Å². The van der Waals surface area contributed by atoms with Gasteiger partial charge in [0.15, 0.2) is 0 Å². The molecule has 3 rings (SSSR count). The Kier molecular flexibility index (Phi) is 5.46. The second-order valence-corrected chi connectivity index (χ2v) is 8.95. The highest BCUT2D eigenvalue weighted by molar-refractivity contribution is 7.89. The molecule has 2 heterocycles. The van der Waals surface area contributed by atoms with Crippen LogP contribution in [0.2, 0.25) is 0 Å². The lowest BCUT2D eigenvalue weighted by Gasteiger charge is -2.39. The molecule has 138 valence electrons. The largest absolute Gasteiger partial charge is 0.381 e. The molecular formula is C18H26N2O4S. The predicted molar refractivity (Wildman–Crippen MR) is 94.7 cm³/mol. The molecule has 1 atom stereocenters. The number of carbonyl (C=O) groups is 1. The predicted octanol–water partition coefficient (Wildman–Crippen LogP) is 1.69. The summed E-state index contributed by atoms with van der Waals surface area (Å²) in [6.07, 6.45) is 3.09. The van der Waals surface area contributed by atoms with Crippen LogP contribution in [0.25, 0.3) is 0 Å². The number of sulfonamides is 1. The first kappa shape index (κ1) is 18.4. The van der Waals surface area contributed by atoms with E-state index in [9.17, 15) is 13.2 Å². The van der Waals surface area contributed by atoms with E-state index >= 15 is 0 Å². The first-order valence-electron chi connectivity index (χ1n) is 8.82. The average molecular weight is 366 g/mol. The number of amides is 1. The van der Waals surface area contributed by atoms with E-state index in [1.54, 1.807) is 24.3 Å². The number of nitrogens with one attached hydrogen (secondary N) is 1. The van der Waals surface area contributed by atoms with E-state index in [0.717, 1.165) is 38.2 Å². The Labute approximate surface area is 149 Å². The van der Waals surface area contributed by atoms with Gasteiger partial charge in [0.2, 0.25) is 15.9 Å². The number of rotatable bonds is 6. The molecule has 0 aromatic heterocycles. The Balaban J connectivity index is 1.49. The minimum absolute atomic E-state index is 0.120. The van der Waals surface area contributed by atoms with Crippen LogP contribution in [0, 0.1) is 12.3 Å². The molecule has 1 amide bonds. The number of hydrogen-bond acceptors (Lipinski definition) is 4. The maximum absolute atomic E-state index is 12.3. The molecule has 6 nitrogen and oxygen atoms in total. The van der Waals surface area contributed by atoms with E-state index in [4.69, 9.17) is 4.74 Å². The van der Waals surface area contributed by atoms with Crippen molar-refractivity contribution < 1.29 is 17.9 Å². The van der Waals surface area contributed by atoms with Gasteiger partial charge in [0, 0.05) is 38.1 Å². The van der Waals surface area contributed by atoms with Crippen LogP contribution in [-0.2, 0) is 19.6 Å². The van der Waals surface area contributed by atoms with Crippen LogP contribution < -0.4 is 4.72 Å². The van der Waals surface area contributed by atoms with Crippen LogP contribution in [0.15, 0.2) is 29.2 Å². The highest BCUT2D eigenvalue weighted by Crippen LogP contribution is 2.37. The molecular weight excluding hydrogens is 340 g/mol. The third kappa shape index (κ3) is 4.40. The van der Waals surface area contributed by atoms with E-state index in [0.29, 0.717) is 25.9 Å². The third-order valence-corrected chi connectivity index (χ3v) is 6.64. The zero-order valence-electron chi connectivity index (χ0n) is 14.7. The lowest BCUT2D eigenvalue weighted by atomic mass is 9.79. The first-order chi connectivity index (χ1) is 11.9. The number of aryl methyl sites for hydroxylation is 1. The highest BCUT2D eigenvalue weighted by atomic mass is 32.2. The Morgan fingerprint density at radius 2 is 2.00 bits per heavy atom. The normalized spacial score (nSPS) is 24.2. The van der Waals surface area contributed by atoms with Crippen LogP contribution in [-0.4, -0.2) is 52.1 Å². The summed E-state index contributed by atoms with van der Waals surface area (Å²) in [5.74, 6) is 0.166. The summed E-state index contributed by atoms with van der Waals surface area (Å²) in [6, 6.07) is 6.78. The molecule has 0 aliphatic carbocycles. The molecule has 7 heteroatoms. The van der Waals surface area contributed by atoms with Gasteiger partial charge in [-0.05, 0) is 38.3 Å². The second kappa shape index (κ2) is 7.43. The van der Waals surface area contributed by atoms with Gasteiger partial charge in [0.25, 0.3) is 0 Å². The van der Waals surface area contributed by atoms with E-state index in [1.165, 1.54) is 0 Å². The minimum Gasteiger partial charge on any atom is -0.381 e. The molecule has 0 radical (unpaired) electrons. The summed E-state index contributed by atoms with van der Waals surface area (Å²) in [4.78, 5) is 14.3. The molecule has 25 heavy (non-hydrogen) atoms. The van der Waals surface area contributed by atoms with Crippen LogP contribution in [0.3, 0.4) is 0 Å². The quantitative estimate of drug-likeness (QED) is 0.778. The summed E-state index contributed by atoms with van der Waals surface area (Å²) in [6.45, 7) is 5.06. The summed E-state index contributed by atoms with van der Waals surface area (Å²) in [5, 5.41) is 0. The van der Waals surface area contributed by atoms with Crippen molar-refractivity contribution in [2.45, 2.75) is 37.5 Å². The fourth-order valence-corrected chi connectivity index (χ4v) is 4.63. The Morgan fingerprint density at radius 3 is 2.68 bits per heavy atom. The zero-order chi connectivity index (χ0) is 17.9. The van der Waals surface area contributed by atoms with Gasteiger partial charge >= 0.3 is 0 Å². The maximum atomic E-state index is 12.3. The molecule has 1 unspecified atom stereocenters. The van der Waals surface area contributed by atoms with Crippen molar-refractivity contribution in [1.29, 1.82) is 0 Å². The van der Waals surface area contributed by atoms with Gasteiger partial charge < -0.3 is 9.64 Å². The van der Waals surface area contributed by atoms with Gasteiger partial charge in [0.1, 0.15) is 0 Å². The monoisotopic (exact) mass is 366 g/mol. The molecule has 2 aliphatic heterocycles. The van der Waals surface area contributed by atoms with E-state index in [2.05, 4.69) is 4.72 Å². The summed E-state index contributed by atoms with van der Waals surface area (Å²) in [5.41, 5.74) is 1.14. The Morgan fingerprint density at radius 1 is 1.24 bits per heavy atom. The third-order valence-electron chi connectivity index (χ3n) is 5.16. The molecule has 2 aliphatic rings. The molecule has 1 spiro atoms. The first-order valence-corrected chi connectivity index (χ1v) is 10.3. The number of hydrogen-bond donors (Lipinski definition) is 1. The summed E-state index contributed by atoms with van der Waals surface area (Å²) >= 11 is 0. The highest BCUT2D eigenvalue weighted by Gasteiger charge is 2.41. The van der Waals surface area contributed by atoms with Crippen molar-refractivity contribution in [1.82, 2.24) is 9.62 Å². The summed E-state index contributed by atoms with van der Waals surface area (Å²) < 4.78 is 32.6. The maximum Gasteiger partial charge on any atom is 0.240 e. The smallest absolute Gasteiger partial charge is 0.240 e. The minimum atomic E-state index is -3.49. The number of piperidine rings is 1. The van der Waals surface area contributed by atoms with Gasteiger partial charge in [-0.3, -0.25) is 4.79 Å². The number of carbonyl (C=O) groups excluding carboxylic acids is 1. The van der Waals surface area contributed by atoms with Crippen LogP contribution >= 0.6 is 0 Å². The van der Waals surface area contributed by atoms with Crippen molar-refractivity contribution in [2.24, 2.45) is 5.41 Å². The van der Waals surface area contributed by atoms with Crippen molar-refractivity contribution in [3.8, 4) is 0 Å². The van der Waals surface area contributed by atoms with Gasteiger partial charge in [-0.2, -0.15) is 0 Å². The van der Waals surface area contributed by atoms with E-state index < -0.39 is 10.0 Å². The Bertz CT molecular complexity index is 709. The van der Waals surface area contributed by atoms with Gasteiger partial charge in [-0.1, -0.05) is 17.7 Å². The molecule has 0 bridgehead atoms. The van der Waals surface area contributed by atoms with Crippen molar-refractivity contribution in [3.05, 3.63) is 29.8 Å². The fourth-order valence-electron chi connectivity index (χ4n) is 3.55. The zero-order valence-corrected chi connectivity index (χ0v) is 15.5. The standard InChI is InChI=1S/C18H26N2O4S/c1-15-3-5-16(6-4-15)25(22,23)19-10-2-11-20-13-18(8-7-17(20)21)9-12-24-14-18/h3-6,19H,2,7-14H2,1H3. The lowest BCUT2D eigenvalue weighted by Crippen LogP contribution is -2.47. The number of ether oxygens (including phenoxy) is 1. The number of likely N-dealkylation sites (tertiary alicyclic amines) is 1. The SMILES string of the molecule is Cc1ccc(S(=O)(=O)NCCCN2CC3(CCOC3)CCC2=O)cc1. The van der Waals surface area contributed by atoms with E-state index in [-0.39, 0.29) is 16.2 Å². The van der Waals surface area contributed by atoms with Gasteiger partial charge in [0.05, 0.1) is 11.5 Å². The number of benzene rings is 1. The molecule has 0 saturated carbocycles. The molecule has 2 fully saturated rings. The van der Waals surface area contributed by atoms with Crippen molar-refractivity contribution >= 4 is 15.9 Å². The van der Waals surface area contributed by atoms with Gasteiger partial charge in [-0.15, -0.1) is 0 Å². The molecule has 1 aromatic rings. The molecule has 1 aromatic carbocycles. The van der Waals surface area contributed by atoms with Crippen LogP contribution in [0.5, 0.6) is 0 Å². The topological polar surface area (TPSA) is 75.7 Å². The average Bonchev–Trinajstić information content (AvgIpc) is 3.03. The van der Waals surface area contributed by atoms with E-state index in [1.807, 2.05) is 11.8 Å². The lowest BCUT2D eigenvalue weighted by molar-refractivity contribution is -0.137. The summed E-state index contributed by atoms with van der Waals surface area (Å²) in [7, 11) is -3.49. The Hall–Kier alpha value is -1.44. The number of nitrogens with zero attached hydrogens (tertiary/aromatic N) is 1. The molecule has 2 saturated heterocycles. The van der Waals surface area contributed by atoms with Crippen molar-refractivity contribution in [2.75, 3.05) is 32.8 Å². The molecule has 1 N–H and O–H groups in total. The van der Waals surface area contributed by atoms with Gasteiger partial charge in [-0.25, -0.2) is 13.1 Å². The van der Waals surface area contributed by atoms with Crippen LogP contribution in [0.1, 0.15) is 31.2 Å². The fraction of sp³-hybridized carbons (Fsp3) is 0.611. The second-order valence-electron chi connectivity index (χ2n) is 7.18. The van der Waals surface area contributed by atoms with Crippen LogP contribution in [0.4, 0.5) is 0 Å².